The number of rotatable bonds is 4. The second-order valence-electron chi connectivity index (χ2n) is 5.90. The molecule has 0 spiro atoms. The lowest BCUT2D eigenvalue weighted by molar-refractivity contribution is 0.394. The van der Waals surface area contributed by atoms with Crippen LogP contribution in [0.4, 0.5) is 5.82 Å². The monoisotopic (exact) mass is 345 g/mol. The van der Waals surface area contributed by atoms with Gasteiger partial charge >= 0.3 is 0 Å². The highest BCUT2D eigenvalue weighted by atomic mass is 16.5. The summed E-state index contributed by atoms with van der Waals surface area (Å²) in [5, 5.41) is 9.59. The van der Waals surface area contributed by atoms with Gasteiger partial charge in [0.25, 0.3) is 0 Å². The minimum atomic E-state index is 0.197. The number of aryl methyl sites for hydroxylation is 1. The molecule has 0 saturated heterocycles. The number of nitriles is 1. The Bertz CT molecular complexity index is 984. The van der Waals surface area contributed by atoms with Crippen LogP contribution in [0.25, 0.3) is 22.4 Å². The van der Waals surface area contributed by atoms with E-state index in [4.69, 9.17) is 15.2 Å². The lowest BCUT2D eigenvalue weighted by Gasteiger charge is -2.13. The maximum Gasteiger partial charge on any atom is 0.142 e. The van der Waals surface area contributed by atoms with E-state index in [0.29, 0.717) is 28.3 Å². The Labute approximate surface area is 152 Å². The molecule has 0 amide bonds. The summed E-state index contributed by atoms with van der Waals surface area (Å²) in [6.07, 6.45) is 0. The van der Waals surface area contributed by atoms with Gasteiger partial charge in [-0.3, -0.25) is 0 Å². The number of nitrogen functional groups attached to an aromatic ring is 1. The van der Waals surface area contributed by atoms with Gasteiger partial charge in [0.1, 0.15) is 28.9 Å². The second kappa shape index (κ2) is 7.16. The first kappa shape index (κ1) is 17.3. The number of nitrogens with zero attached hydrogens (tertiary/aromatic N) is 2. The summed E-state index contributed by atoms with van der Waals surface area (Å²) in [4.78, 5) is 4.42. The molecule has 0 aliphatic heterocycles. The third-order valence-electron chi connectivity index (χ3n) is 4.14. The van der Waals surface area contributed by atoms with Crippen molar-refractivity contribution in [3.05, 3.63) is 59.7 Å². The van der Waals surface area contributed by atoms with Gasteiger partial charge in [-0.2, -0.15) is 5.26 Å². The number of pyridine rings is 1. The molecule has 0 radical (unpaired) electrons. The molecule has 0 aliphatic carbocycles. The van der Waals surface area contributed by atoms with Crippen molar-refractivity contribution < 1.29 is 9.47 Å². The highest BCUT2D eigenvalue weighted by molar-refractivity contribution is 5.81. The molecule has 0 fully saturated rings. The standard InChI is InChI=1S/C21H19N3O2/c1-13-5-4-6-14(7-13)20-11-18(19(12-22)21(23)24-20)15-8-16(25-2)10-17(9-15)26-3/h4-11H,1-3H3,(H2,23,24). The van der Waals surface area contributed by atoms with Gasteiger partial charge in [-0.05, 0) is 36.8 Å². The third kappa shape index (κ3) is 3.31. The highest BCUT2D eigenvalue weighted by Crippen LogP contribution is 2.35. The van der Waals surface area contributed by atoms with Crippen molar-refractivity contribution >= 4 is 5.82 Å². The Morgan fingerprint density at radius 1 is 0.962 bits per heavy atom. The minimum Gasteiger partial charge on any atom is -0.497 e. The van der Waals surface area contributed by atoms with Crippen LogP contribution in [-0.4, -0.2) is 19.2 Å². The molecule has 1 aromatic heterocycles. The second-order valence-corrected chi connectivity index (χ2v) is 5.90. The molecule has 0 bridgehead atoms. The zero-order valence-corrected chi connectivity index (χ0v) is 14.9. The Balaban J connectivity index is 2.25. The van der Waals surface area contributed by atoms with Crippen LogP contribution in [0.3, 0.4) is 0 Å². The fourth-order valence-corrected chi connectivity index (χ4v) is 2.83. The molecule has 2 N–H and O–H groups in total. The van der Waals surface area contributed by atoms with Crippen molar-refractivity contribution in [2.75, 3.05) is 20.0 Å². The summed E-state index contributed by atoms with van der Waals surface area (Å²) >= 11 is 0. The van der Waals surface area contributed by atoms with Gasteiger partial charge in [-0.25, -0.2) is 4.98 Å². The van der Waals surface area contributed by atoms with Gasteiger partial charge < -0.3 is 15.2 Å². The van der Waals surface area contributed by atoms with Crippen LogP contribution >= 0.6 is 0 Å². The topological polar surface area (TPSA) is 81.2 Å². The number of aromatic nitrogens is 1. The lowest BCUT2D eigenvalue weighted by atomic mass is 9.97. The number of hydrogen-bond acceptors (Lipinski definition) is 5. The van der Waals surface area contributed by atoms with E-state index >= 15 is 0 Å². The fraction of sp³-hybridized carbons (Fsp3) is 0.143. The summed E-state index contributed by atoms with van der Waals surface area (Å²) in [6.45, 7) is 2.02. The van der Waals surface area contributed by atoms with Crippen molar-refractivity contribution in [1.82, 2.24) is 4.98 Å². The van der Waals surface area contributed by atoms with E-state index in [1.54, 1.807) is 20.3 Å². The van der Waals surface area contributed by atoms with Gasteiger partial charge in [0.15, 0.2) is 0 Å². The average molecular weight is 345 g/mol. The number of hydrogen-bond donors (Lipinski definition) is 1. The molecule has 26 heavy (non-hydrogen) atoms. The molecular weight excluding hydrogens is 326 g/mol. The molecule has 5 heteroatoms. The summed E-state index contributed by atoms with van der Waals surface area (Å²) in [7, 11) is 3.17. The maximum absolute atomic E-state index is 9.59. The third-order valence-corrected chi connectivity index (χ3v) is 4.14. The van der Waals surface area contributed by atoms with Crippen molar-refractivity contribution in [3.8, 4) is 40.0 Å². The Hall–Kier alpha value is -3.52. The van der Waals surface area contributed by atoms with E-state index in [0.717, 1.165) is 16.7 Å². The van der Waals surface area contributed by atoms with Crippen molar-refractivity contribution in [2.24, 2.45) is 0 Å². The summed E-state index contributed by atoms with van der Waals surface area (Å²) in [6, 6.07) is 17.5. The summed E-state index contributed by atoms with van der Waals surface area (Å²) in [5.41, 5.74) is 10.7. The van der Waals surface area contributed by atoms with Gasteiger partial charge in [0.2, 0.25) is 0 Å². The van der Waals surface area contributed by atoms with E-state index in [2.05, 4.69) is 11.1 Å². The molecule has 0 aliphatic rings. The van der Waals surface area contributed by atoms with Crippen molar-refractivity contribution in [3.63, 3.8) is 0 Å². The van der Waals surface area contributed by atoms with Crippen LogP contribution in [0.15, 0.2) is 48.5 Å². The van der Waals surface area contributed by atoms with Crippen LogP contribution in [-0.2, 0) is 0 Å². The molecule has 130 valence electrons. The van der Waals surface area contributed by atoms with Crippen LogP contribution in [0.5, 0.6) is 11.5 Å². The van der Waals surface area contributed by atoms with Crippen LogP contribution in [0.2, 0.25) is 0 Å². The van der Waals surface area contributed by atoms with Crippen LogP contribution < -0.4 is 15.2 Å². The summed E-state index contributed by atoms with van der Waals surface area (Å²) in [5.74, 6) is 1.47. The molecular formula is C21H19N3O2. The Morgan fingerprint density at radius 3 is 2.23 bits per heavy atom. The van der Waals surface area contributed by atoms with E-state index in [1.807, 2.05) is 49.4 Å². The van der Waals surface area contributed by atoms with Crippen LogP contribution in [0, 0.1) is 18.3 Å². The predicted octanol–water partition coefficient (Wildman–Crippen LogP) is 4.20. The molecule has 0 saturated carbocycles. The number of benzene rings is 2. The lowest BCUT2D eigenvalue weighted by Crippen LogP contribution is -2.00. The number of ether oxygens (including phenoxy) is 2. The van der Waals surface area contributed by atoms with Gasteiger partial charge in [0.05, 0.1) is 19.9 Å². The molecule has 0 unspecified atom stereocenters. The first-order valence-electron chi connectivity index (χ1n) is 8.07. The molecule has 3 rings (SSSR count). The van der Waals surface area contributed by atoms with E-state index in [9.17, 15) is 5.26 Å². The SMILES string of the molecule is COc1cc(OC)cc(-c2cc(-c3cccc(C)c3)nc(N)c2C#N)c1. The van der Waals surface area contributed by atoms with Crippen molar-refractivity contribution in [2.45, 2.75) is 6.92 Å². The molecule has 5 nitrogen and oxygen atoms in total. The minimum absolute atomic E-state index is 0.197. The predicted molar refractivity (Wildman–Crippen MR) is 102 cm³/mol. The Morgan fingerprint density at radius 2 is 1.65 bits per heavy atom. The van der Waals surface area contributed by atoms with E-state index < -0.39 is 0 Å². The van der Waals surface area contributed by atoms with Crippen molar-refractivity contribution in [1.29, 1.82) is 5.26 Å². The average Bonchev–Trinajstić information content (AvgIpc) is 2.66. The van der Waals surface area contributed by atoms with E-state index in [-0.39, 0.29) is 5.82 Å². The van der Waals surface area contributed by atoms with Gasteiger partial charge in [-0.15, -0.1) is 0 Å². The molecule has 2 aromatic carbocycles. The van der Waals surface area contributed by atoms with Crippen LogP contribution in [0.1, 0.15) is 11.1 Å². The maximum atomic E-state index is 9.59. The highest BCUT2D eigenvalue weighted by Gasteiger charge is 2.15. The number of methoxy groups -OCH3 is 2. The number of anilines is 1. The summed E-state index contributed by atoms with van der Waals surface area (Å²) < 4.78 is 10.7. The zero-order chi connectivity index (χ0) is 18.7. The van der Waals surface area contributed by atoms with Gasteiger partial charge in [-0.1, -0.05) is 23.8 Å². The molecule has 3 aromatic rings. The zero-order valence-electron chi connectivity index (χ0n) is 14.9. The number of nitrogens with two attached hydrogens (primary N) is 1. The quantitative estimate of drug-likeness (QED) is 0.766. The largest absolute Gasteiger partial charge is 0.497 e. The van der Waals surface area contributed by atoms with E-state index in [1.165, 1.54) is 0 Å². The normalized spacial score (nSPS) is 10.2. The Kier molecular flexibility index (Phi) is 4.76. The first-order valence-corrected chi connectivity index (χ1v) is 8.07. The fourth-order valence-electron chi connectivity index (χ4n) is 2.83. The first-order chi connectivity index (χ1) is 12.5. The smallest absolute Gasteiger partial charge is 0.142 e. The van der Waals surface area contributed by atoms with Gasteiger partial charge in [0, 0.05) is 17.2 Å². The molecule has 0 atom stereocenters. The molecule has 1 heterocycles.